The van der Waals surface area contributed by atoms with Crippen LogP contribution < -0.4 is 10.6 Å². The van der Waals surface area contributed by atoms with Crippen molar-refractivity contribution in [3.8, 4) is 0 Å². The fourth-order valence-corrected chi connectivity index (χ4v) is 2.84. The molecule has 6 heteroatoms. The van der Waals surface area contributed by atoms with Crippen LogP contribution >= 0.6 is 0 Å². The van der Waals surface area contributed by atoms with E-state index in [1.54, 1.807) is 19.2 Å². The summed E-state index contributed by atoms with van der Waals surface area (Å²) >= 11 is 0. The van der Waals surface area contributed by atoms with Crippen LogP contribution in [-0.4, -0.2) is 69.1 Å². The van der Waals surface area contributed by atoms with Gasteiger partial charge >= 0.3 is 0 Å². The maximum atomic E-state index is 12.9. The van der Waals surface area contributed by atoms with Gasteiger partial charge in [0.2, 0.25) is 0 Å². The number of guanidine groups is 1. The quantitative estimate of drug-likeness (QED) is 0.470. The molecule has 5 nitrogen and oxygen atoms in total. The molecule has 1 aliphatic heterocycles. The lowest BCUT2D eigenvalue weighted by molar-refractivity contribution is 0.274. The molecule has 134 valence electrons. The second kappa shape index (κ2) is 10.3. The molecule has 0 aliphatic carbocycles. The first-order valence-corrected chi connectivity index (χ1v) is 8.77. The van der Waals surface area contributed by atoms with Crippen molar-refractivity contribution < 1.29 is 4.39 Å². The van der Waals surface area contributed by atoms with Crippen LogP contribution in [0.15, 0.2) is 29.3 Å². The minimum absolute atomic E-state index is 0.207. The first-order valence-electron chi connectivity index (χ1n) is 8.77. The number of hydrogen-bond donors (Lipinski definition) is 2. The van der Waals surface area contributed by atoms with Crippen LogP contribution in [0.3, 0.4) is 0 Å². The highest BCUT2D eigenvalue weighted by molar-refractivity contribution is 5.79. The smallest absolute Gasteiger partial charge is 0.191 e. The molecule has 0 unspecified atom stereocenters. The largest absolute Gasteiger partial charge is 0.356 e. The zero-order valence-corrected chi connectivity index (χ0v) is 14.9. The van der Waals surface area contributed by atoms with Crippen molar-refractivity contribution in [1.82, 2.24) is 20.4 Å². The van der Waals surface area contributed by atoms with Crippen LogP contribution in [0.5, 0.6) is 0 Å². The molecule has 1 heterocycles. The van der Waals surface area contributed by atoms with Gasteiger partial charge in [0.15, 0.2) is 5.96 Å². The molecule has 1 aromatic rings. The Balaban J connectivity index is 1.62. The summed E-state index contributed by atoms with van der Waals surface area (Å²) < 4.78 is 12.9. The van der Waals surface area contributed by atoms with E-state index in [9.17, 15) is 4.39 Å². The van der Waals surface area contributed by atoms with E-state index in [4.69, 9.17) is 0 Å². The van der Waals surface area contributed by atoms with Gasteiger partial charge in [-0.15, -0.1) is 0 Å². The van der Waals surface area contributed by atoms with Gasteiger partial charge in [0.25, 0.3) is 0 Å². The molecular formula is C18H30FN5. The molecule has 1 aliphatic rings. The zero-order chi connectivity index (χ0) is 17.2. The highest BCUT2D eigenvalue weighted by Gasteiger charge is 2.11. The van der Waals surface area contributed by atoms with Gasteiger partial charge in [-0.2, -0.15) is 0 Å². The fraction of sp³-hybridized carbons (Fsp3) is 0.611. The Morgan fingerprint density at radius 1 is 1.12 bits per heavy atom. The topological polar surface area (TPSA) is 42.9 Å². The van der Waals surface area contributed by atoms with Crippen molar-refractivity contribution in [2.24, 2.45) is 4.99 Å². The normalized spacial score (nSPS) is 17.5. The summed E-state index contributed by atoms with van der Waals surface area (Å²) in [6.07, 6.45) is 2.35. The van der Waals surface area contributed by atoms with Gasteiger partial charge in [0.05, 0.1) is 0 Å². The van der Waals surface area contributed by atoms with Crippen LogP contribution in [0, 0.1) is 5.82 Å². The highest BCUT2D eigenvalue weighted by Crippen LogP contribution is 2.02. The van der Waals surface area contributed by atoms with E-state index in [1.165, 1.54) is 31.6 Å². The van der Waals surface area contributed by atoms with E-state index < -0.39 is 0 Å². The predicted octanol–water partition coefficient (Wildman–Crippen LogP) is 1.52. The minimum Gasteiger partial charge on any atom is -0.356 e. The Morgan fingerprint density at radius 2 is 1.92 bits per heavy atom. The van der Waals surface area contributed by atoms with Gasteiger partial charge in [-0.3, -0.25) is 4.99 Å². The molecule has 0 amide bonds. The standard InChI is InChI=1S/C18H30FN5/c1-20-18(22-15-16-5-7-17(19)8-6-16)21-9-3-11-24-12-4-10-23(2)13-14-24/h5-8H,3-4,9-15H2,1-2H3,(H2,20,21,22). The van der Waals surface area contributed by atoms with Crippen LogP contribution in [0.1, 0.15) is 18.4 Å². The number of halogens is 1. The van der Waals surface area contributed by atoms with Crippen molar-refractivity contribution in [1.29, 1.82) is 0 Å². The molecule has 0 spiro atoms. The molecule has 2 N–H and O–H groups in total. The maximum Gasteiger partial charge on any atom is 0.191 e. The van der Waals surface area contributed by atoms with E-state index >= 15 is 0 Å². The molecule has 0 bridgehead atoms. The third kappa shape index (κ3) is 6.84. The van der Waals surface area contributed by atoms with Crippen molar-refractivity contribution in [3.05, 3.63) is 35.6 Å². The zero-order valence-electron chi connectivity index (χ0n) is 14.9. The number of hydrogen-bond acceptors (Lipinski definition) is 3. The Morgan fingerprint density at radius 3 is 2.67 bits per heavy atom. The molecule has 24 heavy (non-hydrogen) atoms. The number of likely N-dealkylation sites (N-methyl/N-ethyl adjacent to an activating group) is 1. The third-order valence-electron chi connectivity index (χ3n) is 4.35. The summed E-state index contributed by atoms with van der Waals surface area (Å²) in [4.78, 5) is 9.17. The molecule has 0 radical (unpaired) electrons. The van der Waals surface area contributed by atoms with Gasteiger partial charge in [-0.05, 0) is 57.2 Å². The molecular weight excluding hydrogens is 305 g/mol. The van der Waals surface area contributed by atoms with Gasteiger partial charge < -0.3 is 20.4 Å². The van der Waals surface area contributed by atoms with Gasteiger partial charge in [-0.1, -0.05) is 12.1 Å². The number of nitrogens with one attached hydrogen (secondary N) is 2. The lowest BCUT2D eigenvalue weighted by Crippen LogP contribution is -2.38. The maximum absolute atomic E-state index is 12.9. The Bertz CT molecular complexity index is 503. The van der Waals surface area contributed by atoms with E-state index in [0.29, 0.717) is 6.54 Å². The molecule has 2 rings (SSSR count). The summed E-state index contributed by atoms with van der Waals surface area (Å²) in [5.74, 6) is 0.580. The first kappa shape index (κ1) is 18.7. The summed E-state index contributed by atoms with van der Waals surface area (Å²) in [6, 6.07) is 6.52. The lowest BCUT2D eigenvalue weighted by atomic mass is 10.2. The van der Waals surface area contributed by atoms with Crippen LogP contribution in [0.25, 0.3) is 0 Å². The van der Waals surface area contributed by atoms with Crippen LogP contribution in [0.4, 0.5) is 4.39 Å². The fourth-order valence-electron chi connectivity index (χ4n) is 2.84. The van der Waals surface area contributed by atoms with Gasteiger partial charge in [0, 0.05) is 33.2 Å². The Hall–Kier alpha value is -1.66. The monoisotopic (exact) mass is 335 g/mol. The summed E-state index contributed by atoms with van der Waals surface area (Å²) in [6.45, 7) is 7.38. The van der Waals surface area contributed by atoms with Crippen molar-refractivity contribution >= 4 is 5.96 Å². The van der Waals surface area contributed by atoms with Crippen molar-refractivity contribution in [2.75, 3.05) is 53.4 Å². The highest BCUT2D eigenvalue weighted by atomic mass is 19.1. The van der Waals surface area contributed by atoms with Crippen LogP contribution in [-0.2, 0) is 6.54 Å². The first-order chi connectivity index (χ1) is 11.7. The molecule has 0 atom stereocenters. The molecule has 1 aromatic carbocycles. The SMILES string of the molecule is CN=C(NCCCN1CCCN(C)CC1)NCc1ccc(F)cc1. The number of benzene rings is 1. The Labute approximate surface area is 144 Å². The average Bonchev–Trinajstić information content (AvgIpc) is 2.80. The molecule has 1 fully saturated rings. The van der Waals surface area contributed by atoms with E-state index in [-0.39, 0.29) is 5.82 Å². The number of nitrogens with zero attached hydrogens (tertiary/aromatic N) is 3. The van der Waals surface area contributed by atoms with Gasteiger partial charge in [0.1, 0.15) is 5.82 Å². The van der Waals surface area contributed by atoms with Crippen molar-refractivity contribution in [2.45, 2.75) is 19.4 Å². The number of rotatable bonds is 6. The minimum atomic E-state index is -0.207. The third-order valence-corrected chi connectivity index (χ3v) is 4.35. The lowest BCUT2D eigenvalue weighted by Gasteiger charge is -2.20. The second-order valence-corrected chi connectivity index (χ2v) is 6.33. The molecule has 1 saturated heterocycles. The summed E-state index contributed by atoms with van der Waals surface area (Å²) in [5.41, 5.74) is 1.04. The average molecular weight is 335 g/mol. The summed E-state index contributed by atoms with van der Waals surface area (Å²) in [5, 5.41) is 6.60. The van der Waals surface area contributed by atoms with Crippen LogP contribution in [0.2, 0.25) is 0 Å². The second-order valence-electron chi connectivity index (χ2n) is 6.33. The van der Waals surface area contributed by atoms with Crippen molar-refractivity contribution in [3.63, 3.8) is 0 Å². The van der Waals surface area contributed by atoms with E-state index in [1.807, 2.05) is 0 Å². The molecule has 0 saturated carbocycles. The number of aliphatic imine (C=N–C) groups is 1. The molecule has 0 aromatic heterocycles. The summed E-state index contributed by atoms with van der Waals surface area (Å²) in [7, 11) is 3.96. The predicted molar refractivity (Wildman–Crippen MR) is 97.8 cm³/mol. The van der Waals surface area contributed by atoms with E-state index in [2.05, 4.69) is 32.5 Å². The Kier molecular flexibility index (Phi) is 7.98. The van der Waals surface area contributed by atoms with Gasteiger partial charge in [-0.25, -0.2) is 4.39 Å². The van der Waals surface area contributed by atoms with E-state index in [0.717, 1.165) is 44.1 Å².